The third-order valence-electron chi connectivity index (χ3n) is 4.27. The van der Waals surface area contributed by atoms with Gasteiger partial charge in [0.1, 0.15) is 6.61 Å². The van der Waals surface area contributed by atoms with Gasteiger partial charge in [-0.1, -0.05) is 12.1 Å². The van der Waals surface area contributed by atoms with E-state index in [1.807, 2.05) is 0 Å². The van der Waals surface area contributed by atoms with Crippen LogP contribution in [0.3, 0.4) is 0 Å². The average Bonchev–Trinajstić information content (AvgIpc) is 2.70. The lowest BCUT2D eigenvalue weighted by Gasteiger charge is -2.25. The first-order valence-corrected chi connectivity index (χ1v) is 10.3. The van der Waals surface area contributed by atoms with Crippen LogP contribution in [0, 0.1) is 0 Å². The van der Waals surface area contributed by atoms with Gasteiger partial charge in [0.25, 0.3) is 0 Å². The topological polar surface area (TPSA) is 98.9 Å². The number of hydrogen-bond donors (Lipinski definition) is 1. The second-order valence-electron chi connectivity index (χ2n) is 6.10. The van der Waals surface area contributed by atoms with E-state index in [-0.39, 0.29) is 23.7 Å². The minimum atomic E-state index is -4.80. The van der Waals surface area contributed by atoms with E-state index in [0.717, 1.165) is 19.2 Å². The highest BCUT2D eigenvalue weighted by Crippen LogP contribution is 2.37. The Balaban J connectivity index is 2.46. The summed E-state index contributed by atoms with van der Waals surface area (Å²) < 4.78 is 75.1. The van der Waals surface area contributed by atoms with Crippen molar-refractivity contribution in [1.29, 1.82) is 0 Å². The molecule has 2 aromatic carbocycles. The van der Waals surface area contributed by atoms with Gasteiger partial charge in [0.05, 0.1) is 34.7 Å². The van der Waals surface area contributed by atoms with Crippen molar-refractivity contribution >= 4 is 27.4 Å². The SMILES string of the molecule is CCN(CCOC(=O)OC)c1ccccc1S(=O)(=O)c1ccc(N)c(C(F)(F)F)c1. The van der Waals surface area contributed by atoms with Crippen LogP contribution in [0.25, 0.3) is 0 Å². The quantitative estimate of drug-likeness (QED) is 0.511. The zero-order valence-electron chi connectivity index (χ0n) is 16.3. The second-order valence-corrected chi connectivity index (χ2v) is 8.02. The summed E-state index contributed by atoms with van der Waals surface area (Å²) in [4.78, 5) is 12.0. The molecule has 2 rings (SSSR count). The van der Waals surface area contributed by atoms with Crippen LogP contribution in [0.1, 0.15) is 12.5 Å². The molecule has 0 amide bonds. The molecule has 0 saturated heterocycles. The van der Waals surface area contributed by atoms with E-state index >= 15 is 0 Å². The molecule has 164 valence electrons. The molecule has 0 bridgehead atoms. The first kappa shape index (κ1) is 23.3. The summed E-state index contributed by atoms with van der Waals surface area (Å²) >= 11 is 0. The molecule has 2 N–H and O–H groups in total. The van der Waals surface area contributed by atoms with Crippen LogP contribution in [0.15, 0.2) is 52.3 Å². The first-order chi connectivity index (χ1) is 14.0. The molecule has 0 heterocycles. The summed E-state index contributed by atoms with van der Waals surface area (Å²) in [5.74, 6) is 0. The highest BCUT2D eigenvalue weighted by atomic mass is 32.2. The Morgan fingerprint density at radius 2 is 1.83 bits per heavy atom. The Morgan fingerprint density at radius 3 is 2.43 bits per heavy atom. The van der Waals surface area contributed by atoms with Gasteiger partial charge in [-0.15, -0.1) is 0 Å². The number of nitrogen functional groups attached to an aromatic ring is 1. The number of alkyl halides is 3. The summed E-state index contributed by atoms with van der Waals surface area (Å²) in [5, 5.41) is 0. The van der Waals surface area contributed by atoms with Crippen molar-refractivity contribution in [3.8, 4) is 0 Å². The lowest BCUT2D eigenvalue weighted by molar-refractivity contribution is -0.137. The number of hydrogen-bond acceptors (Lipinski definition) is 7. The van der Waals surface area contributed by atoms with Crippen LogP contribution in [0.5, 0.6) is 0 Å². The third-order valence-corrected chi connectivity index (χ3v) is 6.06. The van der Waals surface area contributed by atoms with Crippen molar-refractivity contribution in [3.05, 3.63) is 48.0 Å². The summed E-state index contributed by atoms with van der Waals surface area (Å²) in [7, 11) is -3.14. The van der Waals surface area contributed by atoms with E-state index in [1.165, 1.54) is 18.2 Å². The molecule has 0 radical (unpaired) electrons. The number of methoxy groups -OCH3 is 1. The number of likely N-dealkylation sites (N-methyl/N-ethyl adjacent to an activating group) is 1. The minimum Gasteiger partial charge on any atom is -0.438 e. The number of carbonyl (C=O) groups excluding carboxylic acids is 1. The standard InChI is InChI=1S/C19H21F3N2O5S/c1-3-24(10-11-29-18(25)28-2)16-6-4-5-7-17(16)30(26,27)13-8-9-15(23)14(12-13)19(20,21)22/h4-9,12H,3,10-11,23H2,1-2H3. The monoisotopic (exact) mass is 446 g/mol. The van der Waals surface area contributed by atoms with Gasteiger partial charge < -0.3 is 20.1 Å². The number of rotatable bonds is 7. The molecule has 0 unspecified atom stereocenters. The number of benzene rings is 2. The van der Waals surface area contributed by atoms with E-state index in [0.29, 0.717) is 12.6 Å². The molecule has 0 aromatic heterocycles. The maximum atomic E-state index is 13.2. The predicted molar refractivity (Wildman–Crippen MR) is 104 cm³/mol. The predicted octanol–water partition coefficient (Wildman–Crippen LogP) is 3.73. The Labute approximate surface area is 172 Å². The number of carbonyl (C=O) groups is 1. The van der Waals surface area contributed by atoms with Gasteiger partial charge in [-0.25, -0.2) is 13.2 Å². The Hall–Kier alpha value is -2.95. The zero-order chi connectivity index (χ0) is 22.5. The van der Waals surface area contributed by atoms with Crippen LogP contribution >= 0.6 is 0 Å². The Morgan fingerprint density at radius 1 is 1.17 bits per heavy atom. The number of anilines is 2. The lowest BCUT2D eigenvalue weighted by Crippen LogP contribution is -2.29. The molecule has 0 saturated carbocycles. The minimum absolute atomic E-state index is 0.0744. The van der Waals surface area contributed by atoms with Gasteiger partial charge in [-0.05, 0) is 37.3 Å². The molecule has 7 nitrogen and oxygen atoms in total. The number of halogens is 3. The fraction of sp³-hybridized carbons (Fsp3) is 0.316. The van der Waals surface area contributed by atoms with Gasteiger partial charge in [0.15, 0.2) is 0 Å². The normalized spacial score (nSPS) is 11.8. The zero-order valence-corrected chi connectivity index (χ0v) is 17.1. The van der Waals surface area contributed by atoms with Crippen molar-refractivity contribution < 1.29 is 35.9 Å². The Bertz CT molecular complexity index is 1010. The number of ether oxygens (including phenoxy) is 2. The van der Waals surface area contributed by atoms with Crippen LogP contribution in [0.2, 0.25) is 0 Å². The van der Waals surface area contributed by atoms with Gasteiger partial charge in [-0.2, -0.15) is 13.2 Å². The second kappa shape index (κ2) is 9.24. The third kappa shape index (κ3) is 5.15. The molecule has 0 aliphatic rings. The van der Waals surface area contributed by atoms with Crippen molar-refractivity contribution in [2.24, 2.45) is 0 Å². The van der Waals surface area contributed by atoms with Crippen molar-refractivity contribution in [1.82, 2.24) is 0 Å². The largest absolute Gasteiger partial charge is 0.508 e. The van der Waals surface area contributed by atoms with Crippen molar-refractivity contribution in [3.63, 3.8) is 0 Å². The van der Waals surface area contributed by atoms with E-state index < -0.39 is 38.3 Å². The van der Waals surface area contributed by atoms with E-state index in [1.54, 1.807) is 17.9 Å². The molecule has 0 fully saturated rings. The number of sulfone groups is 1. The number of nitrogens with zero attached hydrogens (tertiary/aromatic N) is 1. The fourth-order valence-corrected chi connectivity index (χ4v) is 4.27. The van der Waals surface area contributed by atoms with Gasteiger partial charge in [-0.3, -0.25) is 0 Å². The maximum absolute atomic E-state index is 13.2. The van der Waals surface area contributed by atoms with Gasteiger partial charge in [0, 0.05) is 12.2 Å². The summed E-state index contributed by atoms with van der Waals surface area (Å²) in [6.07, 6.45) is -5.68. The number of nitrogens with two attached hydrogens (primary N) is 1. The molecule has 30 heavy (non-hydrogen) atoms. The average molecular weight is 446 g/mol. The van der Waals surface area contributed by atoms with E-state index in [4.69, 9.17) is 10.5 Å². The first-order valence-electron chi connectivity index (χ1n) is 8.79. The summed E-state index contributed by atoms with van der Waals surface area (Å²) in [5.41, 5.74) is 3.85. The molecule has 11 heteroatoms. The fourth-order valence-electron chi connectivity index (χ4n) is 2.77. The van der Waals surface area contributed by atoms with Gasteiger partial charge in [0.2, 0.25) is 9.84 Å². The van der Waals surface area contributed by atoms with Crippen molar-refractivity contribution in [2.75, 3.05) is 37.4 Å². The Kier molecular flexibility index (Phi) is 7.19. The van der Waals surface area contributed by atoms with Crippen LogP contribution < -0.4 is 10.6 Å². The summed E-state index contributed by atoms with van der Waals surface area (Å²) in [6.45, 7) is 2.18. The smallest absolute Gasteiger partial charge is 0.438 e. The molecular formula is C19H21F3N2O5S. The molecular weight excluding hydrogens is 425 g/mol. The van der Waals surface area contributed by atoms with Gasteiger partial charge >= 0.3 is 12.3 Å². The number of para-hydroxylation sites is 1. The lowest BCUT2D eigenvalue weighted by atomic mass is 10.2. The molecule has 2 aromatic rings. The van der Waals surface area contributed by atoms with Crippen molar-refractivity contribution in [2.45, 2.75) is 22.9 Å². The molecule has 0 aliphatic heterocycles. The highest BCUT2D eigenvalue weighted by Gasteiger charge is 2.35. The van der Waals surface area contributed by atoms with Crippen LogP contribution in [-0.2, 0) is 25.5 Å². The molecule has 0 spiro atoms. The highest BCUT2D eigenvalue weighted by molar-refractivity contribution is 7.91. The van der Waals surface area contributed by atoms with Crippen LogP contribution in [0.4, 0.5) is 29.3 Å². The van der Waals surface area contributed by atoms with Crippen LogP contribution in [-0.4, -0.2) is 41.4 Å². The van der Waals surface area contributed by atoms with E-state index in [9.17, 15) is 26.4 Å². The van der Waals surface area contributed by atoms with E-state index in [2.05, 4.69) is 4.74 Å². The maximum Gasteiger partial charge on any atom is 0.508 e. The molecule has 0 aliphatic carbocycles. The summed E-state index contributed by atoms with van der Waals surface area (Å²) in [6, 6.07) is 8.37. The molecule has 0 atom stereocenters.